The summed E-state index contributed by atoms with van der Waals surface area (Å²) in [6.07, 6.45) is 4.86. The van der Waals surface area contributed by atoms with Crippen LogP contribution in [-0.2, 0) is 11.2 Å². The molecule has 1 aliphatic heterocycles. The summed E-state index contributed by atoms with van der Waals surface area (Å²) in [5, 5.41) is 18.1. The lowest BCUT2D eigenvalue weighted by atomic mass is 10.0. The number of aliphatic carboxylic acids is 1. The molecule has 0 fully saturated rings. The molecule has 1 N–H and O–H groups in total. The van der Waals surface area contributed by atoms with Crippen molar-refractivity contribution in [2.45, 2.75) is 26.2 Å². The Bertz CT molecular complexity index is 1450. The normalized spacial score (nSPS) is 13.7. The van der Waals surface area contributed by atoms with Gasteiger partial charge in [-0.25, -0.2) is 4.79 Å². The van der Waals surface area contributed by atoms with Gasteiger partial charge in [0.05, 0.1) is 0 Å². The lowest BCUT2D eigenvalue weighted by Crippen LogP contribution is -2.17. The highest BCUT2D eigenvalue weighted by molar-refractivity contribution is 7.24. The number of hydrogen-bond donors (Lipinski definition) is 1. The molecule has 0 aliphatic carbocycles. The van der Waals surface area contributed by atoms with Gasteiger partial charge < -0.3 is 10.0 Å². The summed E-state index contributed by atoms with van der Waals surface area (Å²) in [6.45, 7) is 3.15. The summed E-state index contributed by atoms with van der Waals surface area (Å²) < 4.78 is 0. The smallest absolute Gasteiger partial charge is 0.346 e. The highest BCUT2D eigenvalue weighted by Crippen LogP contribution is 2.40. The lowest BCUT2D eigenvalue weighted by Gasteiger charge is -2.25. The van der Waals surface area contributed by atoms with Crippen LogP contribution in [0.25, 0.3) is 26.3 Å². The maximum atomic E-state index is 11.1. The van der Waals surface area contributed by atoms with Crippen LogP contribution >= 0.6 is 22.7 Å². The monoisotopic (exact) mass is 496 g/mol. The van der Waals surface area contributed by atoms with Crippen molar-refractivity contribution in [3.63, 3.8) is 0 Å². The Balaban J connectivity index is 1.42. The molecule has 2 aromatic heterocycles. The second kappa shape index (κ2) is 9.91. The Labute approximate surface area is 213 Å². The third-order valence-corrected chi connectivity index (χ3v) is 8.55. The summed E-state index contributed by atoms with van der Waals surface area (Å²) in [4.78, 5) is 17.7. The third kappa shape index (κ3) is 4.93. The van der Waals surface area contributed by atoms with Crippen molar-refractivity contribution in [1.29, 1.82) is 5.26 Å². The molecule has 174 valence electrons. The van der Waals surface area contributed by atoms with Crippen molar-refractivity contribution in [1.82, 2.24) is 0 Å². The van der Waals surface area contributed by atoms with Crippen molar-refractivity contribution < 1.29 is 9.90 Å². The quantitative estimate of drug-likeness (QED) is 0.225. The Kier molecular flexibility index (Phi) is 6.54. The zero-order chi connectivity index (χ0) is 24.4. The number of carbonyl (C=O) groups is 1. The number of hydrogen-bond acceptors (Lipinski definition) is 5. The largest absolute Gasteiger partial charge is 0.477 e. The molecule has 0 unspecified atom stereocenters. The fourth-order valence-electron chi connectivity index (χ4n) is 4.37. The zero-order valence-electron chi connectivity index (χ0n) is 19.3. The van der Waals surface area contributed by atoms with Crippen LogP contribution in [0, 0.1) is 18.3 Å². The van der Waals surface area contributed by atoms with E-state index in [1.807, 2.05) is 12.1 Å². The van der Waals surface area contributed by atoms with Crippen molar-refractivity contribution in [3.8, 4) is 26.3 Å². The first-order chi connectivity index (χ1) is 17.0. The van der Waals surface area contributed by atoms with E-state index in [2.05, 4.69) is 66.4 Å². The van der Waals surface area contributed by atoms with E-state index < -0.39 is 5.97 Å². The van der Waals surface area contributed by atoms with Gasteiger partial charge in [-0.3, -0.25) is 0 Å². The molecule has 4 aromatic rings. The molecule has 2 aromatic carbocycles. The van der Waals surface area contributed by atoms with E-state index >= 15 is 0 Å². The van der Waals surface area contributed by atoms with E-state index in [0.29, 0.717) is 0 Å². The van der Waals surface area contributed by atoms with E-state index in [4.69, 9.17) is 10.4 Å². The second-order valence-electron chi connectivity index (χ2n) is 8.63. The van der Waals surface area contributed by atoms with Crippen LogP contribution in [0.5, 0.6) is 0 Å². The standard InChI is InChI=1S/C29H24N2O2S2/c1-19-5-8-23(9-6-19)31-15-3-2-4-20-16-21(7-11-25(20)31)26-13-14-28(35-26)27-12-10-24(34-27)17-22(18-30)29(32)33/h5-14,16-17H,2-4,15H2,1H3,(H,32,33)/b22-17+. The molecular weight excluding hydrogens is 472 g/mol. The summed E-state index contributed by atoms with van der Waals surface area (Å²) in [6, 6.07) is 25.5. The van der Waals surface area contributed by atoms with Crippen molar-refractivity contribution in [3.05, 3.63) is 88.3 Å². The minimum atomic E-state index is -1.20. The number of anilines is 2. The van der Waals surface area contributed by atoms with E-state index in [0.717, 1.165) is 27.6 Å². The molecule has 0 spiro atoms. The molecule has 0 saturated heterocycles. The van der Waals surface area contributed by atoms with Crippen LogP contribution in [-0.4, -0.2) is 17.6 Å². The molecule has 3 heterocycles. The maximum absolute atomic E-state index is 11.1. The molecule has 6 heteroatoms. The first kappa shape index (κ1) is 23.1. The molecule has 1 aliphatic rings. The summed E-state index contributed by atoms with van der Waals surface area (Å²) in [7, 11) is 0. The van der Waals surface area contributed by atoms with Gasteiger partial charge in [-0.05, 0) is 91.9 Å². The fourth-order valence-corrected chi connectivity index (χ4v) is 6.42. The average molecular weight is 497 g/mol. The molecule has 0 amide bonds. The van der Waals surface area contributed by atoms with Gasteiger partial charge in [-0.15, -0.1) is 22.7 Å². The van der Waals surface area contributed by atoms with E-state index in [9.17, 15) is 4.79 Å². The maximum Gasteiger partial charge on any atom is 0.346 e. The summed E-state index contributed by atoms with van der Waals surface area (Å²) in [5.74, 6) is -1.20. The Morgan fingerprint density at radius 3 is 2.49 bits per heavy atom. The van der Waals surface area contributed by atoms with E-state index in [-0.39, 0.29) is 5.57 Å². The number of benzene rings is 2. The lowest BCUT2D eigenvalue weighted by molar-refractivity contribution is -0.132. The average Bonchev–Trinajstić information content (AvgIpc) is 3.48. The number of nitriles is 1. The summed E-state index contributed by atoms with van der Waals surface area (Å²) in [5.41, 5.74) is 6.17. The summed E-state index contributed by atoms with van der Waals surface area (Å²) >= 11 is 3.23. The number of aryl methyl sites for hydroxylation is 2. The highest BCUT2D eigenvalue weighted by Gasteiger charge is 2.18. The van der Waals surface area contributed by atoms with Gasteiger partial charge in [-0.1, -0.05) is 23.8 Å². The minimum absolute atomic E-state index is 0.255. The van der Waals surface area contributed by atoms with Gasteiger partial charge in [0.25, 0.3) is 0 Å². The van der Waals surface area contributed by atoms with Crippen molar-refractivity contribution >= 4 is 46.1 Å². The van der Waals surface area contributed by atoms with Gasteiger partial charge in [0.2, 0.25) is 0 Å². The molecule has 0 bridgehead atoms. The Morgan fingerprint density at radius 1 is 0.971 bits per heavy atom. The molecule has 5 rings (SSSR count). The number of fused-ring (bicyclic) bond motifs is 1. The number of rotatable bonds is 5. The number of nitrogens with zero attached hydrogens (tertiary/aromatic N) is 2. The van der Waals surface area contributed by atoms with Crippen LogP contribution in [0.1, 0.15) is 28.8 Å². The van der Waals surface area contributed by atoms with Crippen molar-refractivity contribution in [2.75, 3.05) is 11.4 Å². The number of carboxylic acids is 1. The molecule has 0 saturated carbocycles. The highest BCUT2D eigenvalue weighted by atomic mass is 32.1. The van der Waals surface area contributed by atoms with Crippen LogP contribution in [0.4, 0.5) is 11.4 Å². The second-order valence-corrected chi connectivity index (χ2v) is 10.8. The molecule has 0 atom stereocenters. The predicted molar refractivity (Wildman–Crippen MR) is 145 cm³/mol. The predicted octanol–water partition coefficient (Wildman–Crippen LogP) is 7.92. The van der Waals surface area contributed by atoms with Crippen LogP contribution in [0.3, 0.4) is 0 Å². The van der Waals surface area contributed by atoms with Crippen LogP contribution in [0.15, 0.2) is 72.3 Å². The van der Waals surface area contributed by atoms with Crippen LogP contribution < -0.4 is 4.90 Å². The van der Waals surface area contributed by atoms with Gasteiger partial charge in [0, 0.05) is 37.4 Å². The first-order valence-electron chi connectivity index (χ1n) is 11.5. The first-order valence-corrected chi connectivity index (χ1v) is 13.2. The van der Waals surface area contributed by atoms with Gasteiger partial charge in [-0.2, -0.15) is 5.26 Å². The minimum Gasteiger partial charge on any atom is -0.477 e. The van der Waals surface area contributed by atoms with Gasteiger partial charge in [0.1, 0.15) is 11.6 Å². The number of thiophene rings is 2. The Hall–Kier alpha value is -3.66. The van der Waals surface area contributed by atoms with Crippen molar-refractivity contribution in [2.24, 2.45) is 0 Å². The SMILES string of the molecule is Cc1ccc(N2CCCCc3cc(-c4ccc(-c5ccc(/C=C(\C#N)C(=O)O)s5)s4)ccc32)cc1. The fraction of sp³-hybridized carbons (Fsp3) is 0.172. The number of carboxylic acid groups (broad SMARTS) is 1. The van der Waals surface area contributed by atoms with E-state index in [1.54, 1.807) is 17.4 Å². The van der Waals surface area contributed by atoms with Gasteiger partial charge >= 0.3 is 5.97 Å². The third-order valence-electron chi connectivity index (χ3n) is 6.19. The molecule has 35 heavy (non-hydrogen) atoms. The van der Waals surface area contributed by atoms with Gasteiger partial charge in [0.15, 0.2) is 0 Å². The van der Waals surface area contributed by atoms with Crippen LogP contribution in [0.2, 0.25) is 0 Å². The molecule has 0 radical (unpaired) electrons. The molecular formula is C29H24N2O2S2. The topological polar surface area (TPSA) is 64.3 Å². The Morgan fingerprint density at radius 2 is 1.71 bits per heavy atom. The van der Waals surface area contributed by atoms with E-state index in [1.165, 1.54) is 63.2 Å². The zero-order valence-corrected chi connectivity index (χ0v) is 21.0. The molecule has 4 nitrogen and oxygen atoms in total.